The van der Waals surface area contributed by atoms with Gasteiger partial charge in [-0.2, -0.15) is 0 Å². The van der Waals surface area contributed by atoms with Crippen LogP contribution in [0.1, 0.15) is 71.3 Å². The molecule has 1 amide bonds. The van der Waals surface area contributed by atoms with E-state index in [-0.39, 0.29) is 98.4 Å². The summed E-state index contributed by atoms with van der Waals surface area (Å²) >= 11 is 0. The van der Waals surface area contributed by atoms with Crippen molar-refractivity contribution in [3.8, 4) is 63.2 Å². The molecule has 20 atom stereocenters. The van der Waals surface area contributed by atoms with E-state index in [1.807, 2.05) is 42.6 Å². The van der Waals surface area contributed by atoms with Crippen LogP contribution in [0.15, 0.2) is 132 Å². The molecule has 10 heterocycles. The van der Waals surface area contributed by atoms with Gasteiger partial charge >= 0.3 is 24.2 Å². The maximum atomic E-state index is 13.7. The molecule has 648 valence electrons. The number of non-ortho nitro benzene ring substituents is 1. The summed E-state index contributed by atoms with van der Waals surface area (Å²) < 4.78 is 121. The minimum absolute atomic E-state index is 0. The van der Waals surface area contributed by atoms with Crippen LogP contribution in [0.3, 0.4) is 0 Å². The third-order valence-electron chi connectivity index (χ3n) is 21.3. The lowest BCUT2D eigenvalue weighted by atomic mass is 9.66. The summed E-state index contributed by atoms with van der Waals surface area (Å²) in [5.74, 6) is -1.24. The molecule has 6 saturated heterocycles. The van der Waals surface area contributed by atoms with E-state index in [1.54, 1.807) is 101 Å². The van der Waals surface area contributed by atoms with Crippen molar-refractivity contribution in [2.45, 2.75) is 122 Å². The van der Waals surface area contributed by atoms with Gasteiger partial charge in [0.1, 0.15) is 64.6 Å². The van der Waals surface area contributed by atoms with Gasteiger partial charge in [0.05, 0.1) is 96.1 Å². The van der Waals surface area contributed by atoms with Crippen LogP contribution in [0.4, 0.5) is 15.3 Å². The molecule has 10 aliphatic rings. The highest BCUT2D eigenvalue weighted by molar-refractivity contribution is 8.77. The number of rotatable bonds is 23. The van der Waals surface area contributed by atoms with Crippen molar-refractivity contribution in [2.75, 3.05) is 93.0 Å². The molecule has 5 aromatic carbocycles. The number of carbonyl (C=O) groups is 4. The molecule has 41 heteroatoms. The van der Waals surface area contributed by atoms with Gasteiger partial charge < -0.3 is 143 Å². The zero-order chi connectivity index (χ0) is 84.0. The van der Waals surface area contributed by atoms with Crippen molar-refractivity contribution in [2.24, 2.45) is 23.7 Å². The molecule has 36 nitrogen and oxygen atoms in total. The molecule has 2 aliphatic carbocycles. The number of nitrogens with one attached hydrogen (secondary N) is 1. The van der Waals surface area contributed by atoms with Gasteiger partial charge in [-0.25, -0.2) is 19.6 Å². The number of benzene rings is 5. The second kappa shape index (κ2) is 39.6. The Morgan fingerprint density at radius 3 is 1.39 bits per heavy atom. The molecule has 0 bridgehead atoms. The Hall–Kier alpha value is -9.15. The molecule has 6 fully saturated rings. The molecule has 12 unspecified atom stereocenters. The Labute approximate surface area is 713 Å². The highest BCUT2D eigenvalue weighted by atomic mass is 35.5. The van der Waals surface area contributed by atoms with Gasteiger partial charge in [-0.15, -0.1) is 0 Å². The molecule has 0 saturated carbocycles. The summed E-state index contributed by atoms with van der Waals surface area (Å²) in [6.45, 7) is 4.85. The van der Waals surface area contributed by atoms with Gasteiger partial charge in [0.15, 0.2) is 71.2 Å². The molecule has 0 radical (unpaired) electrons. The van der Waals surface area contributed by atoms with Crippen molar-refractivity contribution in [1.82, 2.24) is 15.3 Å². The van der Waals surface area contributed by atoms with Crippen LogP contribution in [0.25, 0.3) is 0 Å². The van der Waals surface area contributed by atoms with Crippen molar-refractivity contribution < 1.29 is 162 Å². The Morgan fingerprint density at radius 2 is 0.975 bits per heavy atom. The normalized spacial score (nSPS) is 28.4. The van der Waals surface area contributed by atoms with E-state index in [0.29, 0.717) is 68.7 Å². The molecule has 17 rings (SSSR count). The van der Waals surface area contributed by atoms with Gasteiger partial charge in [-0.05, 0) is 154 Å². The van der Waals surface area contributed by atoms with Crippen molar-refractivity contribution in [3.05, 3.63) is 165 Å². The number of nitro groups is 1. The Morgan fingerprint density at radius 1 is 0.545 bits per heavy atom. The zero-order valence-electron chi connectivity index (χ0n) is 65.5. The number of hydrogen-bond donors (Lipinski definition) is 6. The van der Waals surface area contributed by atoms with Crippen molar-refractivity contribution >= 4 is 73.1 Å². The number of methoxy groups -OCH3 is 4. The van der Waals surface area contributed by atoms with Crippen LogP contribution in [0.5, 0.6) is 63.2 Å². The predicted octanol–water partition coefficient (Wildman–Crippen LogP) is 4.74. The predicted molar refractivity (Wildman–Crippen MR) is 420 cm³/mol. The minimum Gasteiger partial charge on any atom is -1.00 e. The van der Waals surface area contributed by atoms with Gasteiger partial charge in [0.25, 0.3) is 5.69 Å². The van der Waals surface area contributed by atoms with Crippen molar-refractivity contribution in [3.63, 3.8) is 0 Å². The number of amides is 1. The van der Waals surface area contributed by atoms with Crippen LogP contribution in [-0.4, -0.2) is 227 Å². The third-order valence-corrected chi connectivity index (χ3v) is 25.9. The van der Waals surface area contributed by atoms with E-state index in [2.05, 4.69) is 21.0 Å². The Balaban J connectivity index is 0.000000174. The van der Waals surface area contributed by atoms with Gasteiger partial charge in [-0.1, -0.05) is 33.7 Å². The molecular formula is C80H86ClN5O31S4. The van der Waals surface area contributed by atoms with Crippen LogP contribution < -0.4 is 75.6 Å². The molecule has 121 heavy (non-hydrogen) atoms. The topological polar surface area (TPSA) is 452 Å². The number of cyclic esters (lactones) is 2. The second-order valence-corrected chi connectivity index (χ2v) is 33.3. The smallest absolute Gasteiger partial charge is 0.519 e. The molecule has 8 N–H and O–H groups in total. The summed E-state index contributed by atoms with van der Waals surface area (Å²) in [6, 6.07) is 30.1. The Bertz CT molecular complexity index is 4780. The van der Waals surface area contributed by atoms with E-state index < -0.39 is 151 Å². The number of aliphatic hydroxyl groups is 4. The van der Waals surface area contributed by atoms with E-state index in [4.69, 9.17) is 99.5 Å². The first-order chi connectivity index (χ1) is 58.2. The molecule has 7 aromatic rings. The van der Waals surface area contributed by atoms with Gasteiger partial charge in [-0.3, -0.25) is 19.7 Å². The highest BCUT2D eigenvalue weighted by Crippen LogP contribution is 2.60. The van der Waals surface area contributed by atoms with Crippen LogP contribution in [0.2, 0.25) is 0 Å². The first-order valence-corrected chi connectivity index (χ1v) is 42.8. The SMILES string of the molecule is COc1cc([C@@H]2c3cc4c(cc3[C@@H](OC3OC5COC(C)OC5C(O)C3O)[C@H]3COC(=O)[C@H]23)OCO4)cc(OC)c1OC(=O)NCCSSc1ccccn1.COc1cc([C@@H]2c3cc4c(cc3[C@@H](OC3OC5COC(C)OC5C(O)C3O)[C@H]3COC(=O)[C@H]23)OCO4)cc(OC)c1OC(=O)Oc1ccc([N+](=O)[O-])cc1.[Cl-].[NH3+]CCSSc1ccccn1. The first-order valence-electron chi connectivity index (χ1n) is 38.1. The van der Waals surface area contributed by atoms with Gasteiger partial charge in [0, 0.05) is 60.5 Å². The molecule has 8 aliphatic heterocycles. The number of ether oxygens (including phenoxy) is 21. The second-order valence-electron chi connectivity index (χ2n) is 28.5. The third kappa shape index (κ3) is 19.2. The van der Waals surface area contributed by atoms with Crippen molar-refractivity contribution in [1.29, 1.82) is 0 Å². The van der Waals surface area contributed by atoms with Gasteiger partial charge in [0.2, 0.25) is 25.1 Å². The van der Waals surface area contributed by atoms with Crippen LogP contribution in [0, 0.1) is 33.8 Å². The highest BCUT2D eigenvalue weighted by Gasteiger charge is 2.59. The molecule has 0 spiro atoms. The minimum atomic E-state index is -1.50. The number of aromatic nitrogens is 2. The molecule has 2 aromatic heterocycles. The zero-order valence-corrected chi connectivity index (χ0v) is 69.6. The fourth-order valence-electron chi connectivity index (χ4n) is 15.9. The van der Waals surface area contributed by atoms with E-state index in [0.717, 1.165) is 22.3 Å². The summed E-state index contributed by atoms with van der Waals surface area (Å²) in [6.07, 6.45) is -12.6. The fraction of sp³-hybridized carbons (Fsp3) is 0.450. The van der Waals surface area contributed by atoms with E-state index in [1.165, 1.54) is 63.5 Å². The number of pyridine rings is 2. The lowest BCUT2D eigenvalue weighted by Gasteiger charge is -2.47. The standard InChI is InChI=1S/C37H40N2O14S2.C36H35NO17.C7H10N2S2.ClH/c1-17-46-15-26-34(50-17)30(40)31(41)36(51-26)52-32-20-13-23-22(48-16-49-23)12-19(20)28(29-21(32)14-47-35(29)42)18-10-24(44-2)33(25(11-18)45-3)53-37(43)39-8-9-54-55-27-6-4-5-7-38-27;1-15-46-13-26-33(50-15)29(38)30(39)35(52-26)53-31-20-11-23-22(48-14-49-23)10-19(20)27(28-21(31)12-47-34(28)40)16-8-24(44-2)32(25(9-16)45-3)54-36(41)51-18-6-4-17(5-7-18)37(42)43;8-4-6-10-11-7-3-1-2-5-9-7;/h4-7,10-13,17,21,26,28-32,34,36,40-41H,8-9,14-16H2,1-3H3,(H,39,43);4-11,15,21,26-31,33,35,38-39H,12-14H2,1-3H3;1-3,5H,4,6,8H2;1H/t17?,21-,26?,28+,29-,30?,31?,32+,34?,36?;15?,21-,26?,27+,28-,29?,30?,31+,33?,35?;;/m00../s1. The molecular weight excluding hydrogens is 1690 g/mol. The quantitative estimate of drug-likeness (QED) is 0.0126. The number of carbonyl (C=O) groups excluding carboxylic acids is 4. The number of quaternary nitrogens is 1. The number of aliphatic hydroxyl groups excluding tert-OH is 4. The summed E-state index contributed by atoms with van der Waals surface area (Å²) in [4.78, 5) is 72.1. The number of nitrogens with zero attached hydrogens (tertiary/aromatic N) is 3. The van der Waals surface area contributed by atoms with E-state index >= 15 is 0 Å². The monoisotopic (exact) mass is 1780 g/mol. The lowest BCUT2D eigenvalue weighted by Crippen LogP contribution is -3.00. The maximum absolute atomic E-state index is 13.7. The summed E-state index contributed by atoms with van der Waals surface area (Å²) in [7, 11) is 12.1. The first kappa shape index (κ1) is 88.2. The average Bonchev–Trinajstić information content (AvgIpc) is 1.66. The largest absolute Gasteiger partial charge is 1.00 e. The number of nitro benzene ring substituents is 1. The van der Waals surface area contributed by atoms with Crippen LogP contribution >= 0.6 is 43.2 Å². The number of fused-ring (bicyclic) bond motifs is 8. The lowest BCUT2D eigenvalue weighted by molar-refractivity contribution is -0.384. The number of halogens is 1. The number of hydrogen-bond acceptors (Lipinski definition) is 37. The number of esters is 2. The fourth-order valence-corrected chi connectivity index (χ4v) is 19.5. The maximum Gasteiger partial charge on any atom is 0.519 e. The van der Waals surface area contributed by atoms with E-state index in [9.17, 15) is 49.7 Å². The summed E-state index contributed by atoms with van der Waals surface area (Å²) in [5, 5.41) is 60.1. The summed E-state index contributed by atoms with van der Waals surface area (Å²) in [5.41, 5.74) is 7.19. The average molecular weight is 1780 g/mol. The Kier molecular flexibility index (Phi) is 28.8. The van der Waals surface area contributed by atoms with Crippen LogP contribution in [-0.2, 0) is 57.0 Å².